The predicted octanol–water partition coefficient (Wildman–Crippen LogP) is 1.89. The molecule has 7 nitrogen and oxygen atoms in total. The van der Waals surface area contributed by atoms with Crippen molar-refractivity contribution in [1.29, 1.82) is 5.26 Å². The highest BCUT2D eigenvalue weighted by Gasteiger charge is 2.23. The number of hydrogen-bond acceptors (Lipinski definition) is 5. The highest BCUT2D eigenvalue weighted by atomic mass is 16.5. The zero-order chi connectivity index (χ0) is 18.5. The molecule has 0 aromatic heterocycles. The van der Waals surface area contributed by atoms with Crippen molar-refractivity contribution in [2.75, 3.05) is 19.0 Å². The van der Waals surface area contributed by atoms with Crippen molar-refractivity contribution in [3.63, 3.8) is 0 Å². The second-order valence-electron chi connectivity index (χ2n) is 5.73. The molecule has 1 heterocycles. The highest BCUT2D eigenvalue weighted by Crippen LogP contribution is 2.31. The summed E-state index contributed by atoms with van der Waals surface area (Å²) in [4.78, 5) is 23.9. The van der Waals surface area contributed by atoms with E-state index in [2.05, 4.69) is 10.6 Å². The molecule has 2 aromatic rings. The number of carbonyl (C=O) groups excluding carboxylic acids is 2. The van der Waals surface area contributed by atoms with Crippen LogP contribution in [0.15, 0.2) is 42.5 Å². The Labute approximate surface area is 150 Å². The summed E-state index contributed by atoms with van der Waals surface area (Å²) in [7, 11) is 1.44. The number of hydrogen-bond donors (Lipinski definition) is 2. The van der Waals surface area contributed by atoms with Crippen LogP contribution in [0.25, 0.3) is 0 Å². The first-order chi connectivity index (χ1) is 12.6. The summed E-state index contributed by atoms with van der Waals surface area (Å²) in [5.41, 5.74) is 2.56. The van der Waals surface area contributed by atoms with E-state index in [-0.39, 0.29) is 18.4 Å². The van der Waals surface area contributed by atoms with E-state index < -0.39 is 6.10 Å². The molecule has 2 aromatic carbocycles. The fourth-order valence-electron chi connectivity index (χ4n) is 2.64. The fraction of sp³-hybridized carbons (Fsp3) is 0.211. The lowest BCUT2D eigenvalue weighted by Gasteiger charge is -2.21. The lowest BCUT2D eigenvalue weighted by Crippen LogP contribution is -2.30. The van der Waals surface area contributed by atoms with Crippen molar-refractivity contribution in [2.24, 2.45) is 0 Å². The Morgan fingerprint density at radius 1 is 1.35 bits per heavy atom. The number of ether oxygens (including phenoxy) is 2. The number of benzene rings is 2. The molecule has 1 atom stereocenters. The monoisotopic (exact) mass is 351 g/mol. The zero-order valence-corrected chi connectivity index (χ0v) is 14.1. The van der Waals surface area contributed by atoms with Crippen LogP contribution in [0.3, 0.4) is 0 Å². The Kier molecular flexibility index (Phi) is 5.15. The largest absolute Gasteiger partial charge is 0.482 e. The summed E-state index contributed by atoms with van der Waals surface area (Å²) in [6.07, 6.45) is -0.822. The molecule has 1 aliphatic heterocycles. The third-order valence-electron chi connectivity index (χ3n) is 3.96. The average Bonchev–Trinajstić information content (AvgIpc) is 2.67. The van der Waals surface area contributed by atoms with Gasteiger partial charge in [-0.2, -0.15) is 5.26 Å². The van der Waals surface area contributed by atoms with Gasteiger partial charge < -0.3 is 20.1 Å². The highest BCUT2D eigenvalue weighted by molar-refractivity contribution is 5.95. The van der Waals surface area contributed by atoms with Crippen LogP contribution < -0.4 is 15.4 Å². The van der Waals surface area contributed by atoms with Crippen LogP contribution in [-0.4, -0.2) is 25.5 Å². The molecule has 26 heavy (non-hydrogen) atoms. The first kappa shape index (κ1) is 17.5. The van der Waals surface area contributed by atoms with Gasteiger partial charge in [0.15, 0.2) is 12.7 Å². The van der Waals surface area contributed by atoms with Crippen LogP contribution in [0.5, 0.6) is 5.75 Å². The van der Waals surface area contributed by atoms with E-state index in [0.717, 1.165) is 5.56 Å². The van der Waals surface area contributed by atoms with Crippen molar-refractivity contribution in [1.82, 2.24) is 5.32 Å². The molecule has 1 aliphatic rings. The second-order valence-corrected chi connectivity index (χ2v) is 5.73. The first-order valence-corrected chi connectivity index (χ1v) is 7.97. The number of nitrogens with zero attached hydrogens (tertiary/aromatic N) is 1. The summed E-state index contributed by atoms with van der Waals surface area (Å²) < 4.78 is 10.6. The van der Waals surface area contributed by atoms with E-state index in [4.69, 9.17) is 14.7 Å². The summed E-state index contributed by atoms with van der Waals surface area (Å²) in [5, 5.41) is 14.3. The maximum absolute atomic E-state index is 12.5. The Balaban J connectivity index is 1.69. The van der Waals surface area contributed by atoms with Crippen LogP contribution >= 0.6 is 0 Å². The maximum Gasteiger partial charge on any atom is 0.262 e. The van der Waals surface area contributed by atoms with Crippen LogP contribution in [0.2, 0.25) is 0 Å². The number of anilines is 1. The fourth-order valence-corrected chi connectivity index (χ4v) is 2.64. The van der Waals surface area contributed by atoms with Gasteiger partial charge in [-0.1, -0.05) is 18.2 Å². The lowest BCUT2D eigenvalue weighted by molar-refractivity contribution is -0.131. The van der Waals surface area contributed by atoms with E-state index in [1.807, 2.05) is 6.07 Å². The minimum atomic E-state index is -0.822. The van der Waals surface area contributed by atoms with Crippen LogP contribution in [0, 0.1) is 11.3 Å². The molecule has 3 rings (SSSR count). The molecule has 0 bridgehead atoms. The Hall–Kier alpha value is -3.37. The summed E-state index contributed by atoms with van der Waals surface area (Å²) in [6, 6.07) is 14.1. The molecule has 132 valence electrons. The zero-order valence-electron chi connectivity index (χ0n) is 14.1. The van der Waals surface area contributed by atoms with E-state index in [1.54, 1.807) is 42.5 Å². The normalized spacial score (nSPS) is 13.6. The predicted molar refractivity (Wildman–Crippen MR) is 93.3 cm³/mol. The lowest BCUT2D eigenvalue weighted by atomic mass is 10.1. The molecule has 0 spiro atoms. The Morgan fingerprint density at radius 2 is 2.12 bits per heavy atom. The first-order valence-electron chi connectivity index (χ1n) is 7.97. The van der Waals surface area contributed by atoms with Crippen LogP contribution in [0.4, 0.5) is 5.69 Å². The number of methoxy groups -OCH3 is 1. The minimum absolute atomic E-state index is 0.0227. The molecule has 0 fully saturated rings. The Bertz CT molecular complexity index is 871. The van der Waals surface area contributed by atoms with Crippen molar-refractivity contribution >= 4 is 17.5 Å². The quantitative estimate of drug-likeness (QED) is 0.857. The molecule has 2 N–H and O–H groups in total. The number of nitriles is 1. The molecule has 0 saturated heterocycles. The van der Waals surface area contributed by atoms with Gasteiger partial charge in [-0.05, 0) is 35.4 Å². The van der Waals surface area contributed by atoms with E-state index in [9.17, 15) is 9.59 Å². The summed E-state index contributed by atoms with van der Waals surface area (Å²) in [5.74, 6) is 0.00921. The third kappa shape index (κ3) is 3.82. The van der Waals surface area contributed by atoms with Crippen molar-refractivity contribution in [3.05, 3.63) is 59.2 Å². The van der Waals surface area contributed by atoms with Gasteiger partial charge in [-0.15, -0.1) is 0 Å². The smallest absolute Gasteiger partial charge is 0.262 e. The molecule has 2 amide bonds. The number of fused-ring (bicyclic) bond motifs is 1. The molecular formula is C19H17N3O4. The molecule has 1 unspecified atom stereocenters. The maximum atomic E-state index is 12.5. The topological polar surface area (TPSA) is 100 Å². The van der Waals surface area contributed by atoms with Gasteiger partial charge in [-0.25, -0.2) is 0 Å². The van der Waals surface area contributed by atoms with Gasteiger partial charge in [0.1, 0.15) is 5.75 Å². The minimum Gasteiger partial charge on any atom is -0.482 e. The molecule has 0 aliphatic carbocycles. The third-order valence-corrected chi connectivity index (χ3v) is 3.96. The number of amides is 2. The van der Waals surface area contributed by atoms with Gasteiger partial charge in [0, 0.05) is 13.7 Å². The van der Waals surface area contributed by atoms with Gasteiger partial charge >= 0.3 is 0 Å². The van der Waals surface area contributed by atoms with Crippen LogP contribution in [0.1, 0.15) is 22.8 Å². The molecule has 0 radical (unpaired) electrons. The second kappa shape index (κ2) is 7.68. The number of carbonyl (C=O) groups is 2. The summed E-state index contributed by atoms with van der Waals surface area (Å²) >= 11 is 0. The van der Waals surface area contributed by atoms with Gasteiger partial charge in [-0.3, -0.25) is 9.59 Å². The standard InChI is InChI=1S/C19H17N3O4/c1-25-18(14-6-7-16-15(8-14)22-17(23)11-26-16)19(24)21-10-13-4-2-12(9-20)3-5-13/h2-8,18H,10-11H2,1H3,(H,21,24)(H,22,23). The van der Waals surface area contributed by atoms with E-state index in [0.29, 0.717) is 29.1 Å². The summed E-state index contributed by atoms with van der Waals surface area (Å²) in [6.45, 7) is 0.292. The molecule has 0 saturated carbocycles. The van der Waals surface area contributed by atoms with Crippen molar-refractivity contribution in [3.8, 4) is 11.8 Å². The average molecular weight is 351 g/mol. The van der Waals surface area contributed by atoms with Gasteiger partial charge in [0.25, 0.3) is 11.8 Å². The van der Waals surface area contributed by atoms with Gasteiger partial charge in [0.05, 0.1) is 17.3 Å². The molecule has 7 heteroatoms. The Morgan fingerprint density at radius 3 is 2.81 bits per heavy atom. The van der Waals surface area contributed by atoms with E-state index in [1.165, 1.54) is 7.11 Å². The van der Waals surface area contributed by atoms with E-state index >= 15 is 0 Å². The van der Waals surface area contributed by atoms with Crippen molar-refractivity contribution in [2.45, 2.75) is 12.6 Å². The van der Waals surface area contributed by atoms with Crippen LogP contribution in [-0.2, 0) is 20.9 Å². The number of nitrogens with one attached hydrogen (secondary N) is 2. The molecular weight excluding hydrogens is 334 g/mol. The van der Waals surface area contributed by atoms with Crippen molar-refractivity contribution < 1.29 is 19.1 Å². The number of rotatable bonds is 5. The SMILES string of the molecule is COC(C(=O)NCc1ccc(C#N)cc1)c1ccc2c(c1)NC(=O)CO2. The van der Waals surface area contributed by atoms with Gasteiger partial charge in [0.2, 0.25) is 0 Å².